The van der Waals surface area contributed by atoms with Gasteiger partial charge in [-0.2, -0.15) is 0 Å². The highest BCUT2D eigenvalue weighted by molar-refractivity contribution is 6.03. The molecule has 28 heavy (non-hydrogen) atoms. The minimum absolute atomic E-state index is 0.147. The van der Waals surface area contributed by atoms with Gasteiger partial charge < -0.3 is 9.88 Å². The smallest absolute Gasteiger partial charge is 0.248 e. The maximum Gasteiger partial charge on any atom is 0.248 e. The second kappa shape index (κ2) is 7.92. The standard InChI is InChI=1S/C24H21N3O/c1-18-25-15-16-27(18)17-19-9-12-22(13-10-19)26-24(28)14-11-21-7-4-6-20-5-2-3-8-23(20)21/h2-16H,17H2,1H3,(H,26,28)/b14-11+. The normalized spacial score (nSPS) is 11.2. The number of hydrogen-bond acceptors (Lipinski definition) is 2. The molecule has 1 N–H and O–H groups in total. The van der Waals surface area contributed by atoms with E-state index < -0.39 is 0 Å². The van der Waals surface area contributed by atoms with Gasteiger partial charge in [0.25, 0.3) is 0 Å². The molecule has 4 aromatic rings. The van der Waals surface area contributed by atoms with Crippen molar-refractivity contribution in [2.24, 2.45) is 0 Å². The van der Waals surface area contributed by atoms with Crippen molar-refractivity contribution < 1.29 is 4.79 Å². The number of hydrogen-bond donors (Lipinski definition) is 1. The van der Waals surface area contributed by atoms with Gasteiger partial charge in [0.05, 0.1) is 0 Å². The number of rotatable bonds is 5. The van der Waals surface area contributed by atoms with E-state index in [0.717, 1.165) is 40.0 Å². The fraction of sp³-hybridized carbons (Fsp3) is 0.0833. The first-order chi connectivity index (χ1) is 13.7. The van der Waals surface area contributed by atoms with Crippen molar-refractivity contribution in [3.8, 4) is 0 Å². The minimum Gasteiger partial charge on any atom is -0.331 e. The van der Waals surface area contributed by atoms with Crippen LogP contribution in [0.25, 0.3) is 16.8 Å². The van der Waals surface area contributed by atoms with E-state index in [1.54, 1.807) is 12.3 Å². The zero-order valence-electron chi connectivity index (χ0n) is 15.7. The lowest BCUT2D eigenvalue weighted by atomic mass is 10.0. The summed E-state index contributed by atoms with van der Waals surface area (Å²) in [4.78, 5) is 16.5. The number of nitrogens with zero attached hydrogens (tertiary/aromatic N) is 2. The van der Waals surface area contributed by atoms with Crippen molar-refractivity contribution in [3.63, 3.8) is 0 Å². The summed E-state index contributed by atoms with van der Waals surface area (Å²) in [6.07, 6.45) is 7.19. The molecule has 0 aliphatic rings. The average Bonchev–Trinajstić information content (AvgIpc) is 3.12. The Balaban J connectivity index is 1.42. The number of fused-ring (bicyclic) bond motifs is 1. The Morgan fingerprint density at radius 3 is 2.61 bits per heavy atom. The van der Waals surface area contributed by atoms with Crippen LogP contribution < -0.4 is 5.32 Å². The van der Waals surface area contributed by atoms with Gasteiger partial charge in [0.15, 0.2) is 0 Å². The van der Waals surface area contributed by atoms with E-state index in [1.807, 2.05) is 67.7 Å². The number of carbonyl (C=O) groups excluding carboxylic acids is 1. The maximum absolute atomic E-state index is 12.3. The predicted molar refractivity (Wildman–Crippen MR) is 114 cm³/mol. The highest BCUT2D eigenvalue weighted by Crippen LogP contribution is 2.19. The van der Waals surface area contributed by atoms with Crippen LogP contribution in [0.2, 0.25) is 0 Å². The third-order valence-corrected chi connectivity index (χ3v) is 4.74. The largest absolute Gasteiger partial charge is 0.331 e. The highest BCUT2D eigenvalue weighted by Gasteiger charge is 2.02. The summed E-state index contributed by atoms with van der Waals surface area (Å²) in [5, 5.41) is 5.21. The molecule has 4 rings (SSSR count). The molecule has 138 valence electrons. The summed E-state index contributed by atoms with van der Waals surface area (Å²) in [6.45, 7) is 2.75. The molecule has 0 saturated carbocycles. The Morgan fingerprint density at radius 1 is 1.04 bits per heavy atom. The van der Waals surface area contributed by atoms with Crippen molar-refractivity contribution in [1.82, 2.24) is 9.55 Å². The lowest BCUT2D eigenvalue weighted by molar-refractivity contribution is -0.111. The molecule has 1 aromatic heterocycles. The lowest BCUT2D eigenvalue weighted by Crippen LogP contribution is -2.08. The summed E-state index contributed by atoms with van der Waals surface area (Å²) in [7, 11) is 0. The SMILES string of the molecule is Cc1nccn1Cc1ccc(NC(=O)/C=C/c2cccc3ccccc23)cc1. The Hall–Kier alpha value is -3.66. The molecule has 1 heterocycles. The number of amides is 1. The molecule has 0 aliphatic carbocycles. The van der Waals surface area contributed by atoms with Gasteiger partial charge in [-0.3, -0.25) is 4.79 Å². The van der Waals surface area contributed by atoms with Crippen molar-refractivity contribution in [2.45, 2.75) is 13.5 Å². The van der Waals surface area contributed by atoms with E-state index in [2.05, 4.69) is 33.1 Å². The predicted octanol–water partition coefficient (Wildman–Crippen LogP) is 5.04. The van der Waals surface area contributed by atoms with Gasteiger partial charge >= 0.3 is 0 Å². The molecule has 0 bridgehead atoms. The topological polar surface area (TPSA) is 46.9 Å². The molecule has 0 atom stereocenters. The van der Waals surface area contributed by atoms with Crippen molar-refractivity contribution in [2.75, 3.05) is 5.32 Å². The van der Waals surface area contributed by atoms with Crippen LogP contribution >= 0.6 is 0 Å². The Kier molecular flexibility index (Phi) is 5.02. The minimum atomic E-state index is -0.147. The fourth-order valence-corrected chi connectivity index (χ4v) is 3.21. The maximum atomic E-state index is 12.3. The van der Waals surface area contributed by atoms with Gasteiger partial charge in [-0.1, -0.05) is 54.6 Å². The number of benzene rings is 3. The summed E-state index contributed by atoms with van der Waals surface area (Å²) in [6, 6.07) is 22.1. The lowest BCUT2D eigenvalue weighted by Gasteiger charge is -2.07. The van der Waals surface area contributed by atoms with Crippen LogP contribution in [0.15, 0.2) is 85.2 Å². The number of aryl methyl sites for hydroxylation is 1. The molecule has 4 nitrogen and oxygen atoms in total. The summed E-state index contributed by atoms with van der Waals surface area (Å²) < 4.78 is 2.08. The Morgan fingerprint density at radius 2 is 1.82 bits per heavy atom. The number of carbonyl (C=O) groups is 1. The number of anilines is 1. The first-order valence-corrected chi connectivity index (χ1v) is 9.22. The molecule has 0 spiro atoms. The quantitative estimate of drug-likeness (QED) is 0.502. The summed E-state index contributed by atoms with van der Waals surface area (Å²) >= 11 is 0. The van der Waals surface area contributed by atoms with Crippen LogP contribution in [0, 0.1) is 6.92 Å². The molecular weight excluding hydrogens is 346 g/mol. The Bertz CT molecular complexity index is 1130. The molecule has 4 heteroatoms. The van der Waals surface area contributed by atoms with Gasteiger partial charge in [0, 0.05) is 30.7 Å². The fourth-order valence-electron chi connectivity index (χ4n) is 3.21. The Labute approximate surface area is 164 Å². The van der Waals surface area contributed by atoms with Crippen LogP contribution in [0.1, 0.15) is 17.0 Å². The van der Waals surface area contributed by atoms with Crippen molar-refractivity contribution >= 4 is 28.4 Å². The monoisotopic (exact) mass is 367 g/mol. The number of nitrogens with one attached hydrogen (secondary N) is 1. The van der Waals surface area contributed by atoms with Gasteiger partial charge in [0.2, 0.25) is 5.91 Å². The van der Waals surface area contributed by atoms with Crippen LogP contribution in [-0.4, -0.2) is 15.5 Å². The zero-order valence-corrected chi connectivity index (χ0v) is 15.7. The van der Waals surface area contributed by atoms with Crippen LogP contribution in [0.4, 0.5) is 5.69 Å². The van der Waals surface area contributed by atoms with Gasteiger partial charge in [0.1, 0.15) is 5.82 Å². The van der Waals surface area contributed by atoms with Crippen LogP contribution in [0.5, 0.6) is 0 Å². The van der Waals surface area contributed by atoms with Crippen molar-refractivity contribution in [3.05, 3.63) is 102 Å². The molecule has 1 amide bonds. The summed E-state index contributed by atoms with van der Waals surface area (Å²) in [5.41, 5.74) is 2.96. The first-order valence-electron chi connectivity index (χ1n) is 9.22. The van der Waals surface area contributed by atoms with E-state index in [0.29, 0.717) is 0 Å². The number of aromatic nitrogens is 2. The molecule has 0 saturated heterocycles. The zero-order chi connectivity index (χ0) is 19.3. The van der Waals surface area contributed by atoms with Crippen LogP contribution in [0.3, 0.4) is 0 Å². The second-order valence-electron chi connectivity index (χ2n) is 6.69. The molecule has 0 radical (unpaired) electrons. The van der Waals surface area contributed by atoms with E-state index in [4.69, 9.17) is 0 Å². The van der Waals surface area contributed by atoms with Gasteiger partial charge in [-0.25, -0.2) is 4.98 Å². The van der Waals surface area contributed by atoms with E-state index in [-0.39, 0.29) is 5.91 Å². The van der Waals surface area contributed by atoms with Gasteiger partial charge in [-0.05, 0) is 47.0 Å². The van der Waals surface area contributed by atoms with Gasteiger partial charge in [-0.15, -0.1) is 0 Å². The first kappa shape index (κ1) is 17.7. The number of imidazole rings is 1. The molecule has 0 unspecified atom stereocenters. The molecular formula is C24H21N3O. The highest BCUT2D eigenvalue weighted by atomic mass is 16.1. The van der Waals surface area contributed by atoms with E-state index in [9.17, 15) is 4.79 Å². The third-order valence-electron chi connectivity index (χ3n) is 4.74. The van der Waals surface area contributed by atoms with E-state index >= 15 is 0 Å². The van der Waals surface area contributed by atoms with Crippen LogP contribution in [-0.2, 0) is 11.3 Å². The third kappa shape index (κ3) is 4.01. The average molecular weight is 367 g/mol. The van der Waals surface area contributed by atoms with Crippen molar-refractivity contribution in [1.29, 1.82) is 0 Å². The molecule has 0 aliphatic heterocycles. The van der Waals surface area contributed by atoms with E-state index in [1.165, 1.54) is 0 Å². The summed E-state index contributed by atoms with van der Waals surface area (Å²) in [5.74, 6) is 0.835. The molecule has 0 fully saturated rings. The molecule has 3 aromatic carbocycles. The second-order valence-corrected chi connectivity index (χ2v) is 6.69.